The molecule has 3 N–H and O–H groups in total. The van der Waals surface area contributed by atoms with E-state index in [0.29, 0.717) is 12.1 Å². The van der Waals surface area contributed by atoms with Crippen molar-refractivity contribution in [1.29, 1.82) is 0 Å². The summed E-state index contributed by atoms with van der Waals surface area (Å²) in [6.07, 6.45) is 2.94. The third kappa shape index (κ3) is 5.56. The van der Waals surface area contributed by atoms with E-state index in [0.717, 1.165) is 11.1 Å². The van der Waals surface area contributed by atoms with Gasteiger partial charge in [-0.05, 0) is 28.8 Å². The number of hydrogen-bond acceptors (Lipinski definition) is 3. The Morgan fingerprint density at radius 1 is 1.22 bits per heavy atom. The minimum atomic E-state index is -0.503. The molecule has 0 radical (unpaired) electrons. The van der Waals surface area contributed by atoms with Crippen LogP contribution in [0.2, 0.25) is 0 Å². The molecule has 0 aromatic heterocycles. The molecule has 0 bridgehead atoms. The molecule has 0 unspecified atom stereocenters. The van der Waals surface area contributed by atoms with Crippen molar-refractivity contribution in [2.75, 3.05) is 6.54 Å². The number of benzene rings is 2. The predicted octanol–water partition coefficient (Wildman–Crippen LogP) is 3.22. The van der Waals surface area contributed by atoms with Crippen molar-refractivity contribution in [2.45, 2.75) is 13.2 Å². The Kier molecular flexibility index (Phi) is 6.32. The van der Waals surface area contributed by atoms with Crippen molar-refractivity contribution in [1.82, 2.24) is 5.32 Å². The van der Waals surface area contributed by atoms with Crippen LogP contribution in [0.25, 0.3) is 6.08 Å². The molecule has 5 heteroatoms. The molecule has 1 amide bonds. The largest absolute Gasteiger partial charge is 0.445 e. The number of carbonyl (C=O) groups excluding carboxylic acids is 1. The van der Waals surface area contributed by atoms with Gasteiger partial charge in [0.05, 0.1) is 0 Å². The van der Waals surface area contributed by atoms with Crippen LogP contribution in [0.5, 0.6) is 0 Å². The summed E-state index contributed by atoms with van der Waals surface area (Å²) >= 11 is 0. The summed E-state index contributed by atoms with van der Waals surface area (Å²) in [5.41, 5.74) is 8.07. The van der Waals surface area contributed by atoms with Crippen LogP contribution in [-0.2, 0) is 17.9 Å². The number of alkyl carbamates (subject to hydrolysis) is 1. The first kappa shape index (κ1) is 16.7. The van der Waals surface area contributed by atoms with Crippen molar-refractivity contribution in [2.24, 2.45) is 5.73 Å². The summed E-state index contributed by atoms with van der Waals surface area (Å²) in [5.74, 6) is -0.322. The zero-order chi connectivity index (χ0) is 16.5. The van der Waals surface area contributed by atoms with E-state index in [4.69, 9.17) is 10.5 Å². The van der Waals surface area contributed by atoms with Crippen LogP contribution in [0.4, 0.5) is 9.18 Å². The van der Waals surface area contributed by atoms with E-state index < -0.39 is 6.09 Å². The van der Waals surface area contributed by atoms with E-state index in [-0.39, 0.29) is 19.0 Å². The average Bonchev–Trinajstić information content (AvgIpc) is 2.58. The molecule has 0 atom stereocenters. The van der Waals surface area contributed by atoms with Gasteiger partial charge in [-0.15, -0.1) is 0 Å². The molecule has 0 aliphatic heterocycles. The van der Waals surface area contributed by atoms with E-state index in [1.807, 2.05) is 30.3 Å². The number of carbonyl (C=O) groups is 1. The fourth-order valence-electron chi connectivity index (χ4n) is 2.01. The molecule has 23 heavy (non-hydrogen) atoms. The van der Waals surface area contributed by atoms with Gasteiger partial charge in [0.25, 0.3) is 0 Å². The van der Waals surface area contributed by atoms with Crippen molar-refractivity contribution in [3.8, 4) is 0 Å². The highest BCUT2D eigenvalue weighted by Gasteiger charge is 2.01. The molecule has 0 fully saturated rings. The van der Waals surface area contributed by atoms with E-state index >= 15 is 0 Å². The number of rotatable bonds is 6. The third-order valence-corrected chi connectivity index (χ3v) is 3.20. The lowest BCUT2D eigenvalue weighted by atomic mass is 10.1. The van der Waals surface area contributed by atoms with Crippen LogP contribution in [0.3, 0.4) is 0 Å². The van der Waals surface area contributed by atoms with Crippen LogP contribution >= 0.6 is 0 Å². The number of ether oxygens (including phenoxy) is 1. The molecule has 0 saturated heterocycles. The number of hydrogen-bond donors (Lipinski definition) is 2. The highest BCUT2D eigenvalue weighted by atomic mass is 19.1. The Hall–Kier alpha value is -2.66. The second kappa shape index (κ2) is 8.70. The first-order valence-corrected chi connectivity index (χ1v) is 7.28. The first-order chi connectivity index (χ1) is 11.2. The van der Waals surface area contributed by atoms with Gasteiger partial charge in [0.1, 0.15) is 12.4 Å². The quantitative estimate of drug-likeness (QED) is 0.860. The van der Waals surface area contributed by atoms with Gasteiger partial charge in [-0.2, -0.15) is 0 Å². The Balaban J connectivity index is 1.78. The van der Waals surface area contributed by atoms with Gasteiger partial charge in [0.2, 0.25) is 0 Å². The molecule has 2 aromatic rings. The summed E-state index contributed by atoms with van der Waals surface area (Å²) in [5, 5.41) is 2.60. The molecular weight excluding hydrogens is 295 g/mol. The van der Waals surface area contributed by atoms with Crippen LogP contribution in [-0.4, -0.2) is 12.6 Å². The van der Waals surface area contributed by atoms with Gasteiger partial charge in [-0.1, -0.05) is 48.6 Å². The van der Waals surface area contributed by atoms with Gasteiger partial charge in [0, 0.05) is 13.1 Å². The maximum Gasteiger partial charge on any atom is 0.407 e. The van der Waals surface area contributed by atoms with Gasteiger partial charge in [-0.3, -0.25) is 0 Å². The van der Waals surface area contributed by atoms with E-state index in [2.05, 4.69) is 5.32 Å². The number of amides is 1. The normalized spacial score (nSPS) is 10.7. The minimum absolute atomic E-state index is 0.220. The standard InChI is InChI=1S/C18H19FN2O2/c19-17-9-8-16(12-20)15(11-17)7-4-10-21-18(22)23-13-14-5-2-1-3-6-14/h1-9,11H,10,12-13,20H2,(H,21,22). The first-order valence-electron chi connectivity index (χ1n) is 7.28. The summed E-state index contributed by atoms with van der Waals surface area (Å²) < 4.78 is 18.3. The maximum atomic E-state index is 13.2. The topological polar surface area (TPSA) is 64.3 Å². The van der Waals surface area contributed by atoms with Crippen molar-refractivity contribution >= 4 is 12.2 Å². The fraction of sp³-hybridized carbons (Fsp3) is 0.167. The second-order valence-electron chi connectivity index (χ2n) is 4.89. The summed E-state index contributed by atoms with van der Waals surface area (Å²) in [6, 6.07) is 13.9. The summed E-state index contributed by atoms with van der Waals surface area (Å²) in [7, 11) is 0. The van der Waals surface area contributed by atoms with Crippen molar-refractivity contribution in [3.05, 3.63) is 77.1 Å². The summed E-state index contributed by atoms with van der Waals surface area (Å²) in [6.45, 7) is 0.832. The Labute approximate surface area is 134 Å². The van der Waals surface area contributed by atoms with Gasteiger partial charge >= 0.3 is 6.09 Å². The van der Waals surface area contributed by atoms with Crippen LogP contribution in [0.1, 0.15) is 16.7 Å². The Bertz CT molecular complexity index is 672. The summed E-state index contributed by atoms with van der Waals surface area (Å²) in [4.78, 5) is 11.6. The Morgan fingerprint density at radius 3 is 2.74 bits per heavy atom. The number of nitrogens with two attached hydrogens (primary N) is 1. The lowest BCUT2D eigenvalue weighted by Gasteiger charge is -2.06. The highest BCUT2D eigenvalue weighted by molar-refractivity contribution is 5.67. The number of nitrogens with one attached hydrogen (secondary N) is 1. The third-order valence-electron chi connectivity index (χ3n) is 3.20. The van der Waals surface area contributed by atoms with Crippen LogP contribution < -0.4 is 11.1 Å². The molecular formula is C18H19FN2O2. The van der Waals surface area contributed by atoms with Crippen LogP contribution in [0, 0.1) is 5.82 Å². The monoisotopic (exact) mass is 314 g/mol. The molecule has 2 aromatic carbocycles. The Morgan fingerprint density at radius 2 is 2.00 bits per heavy atom. The molecule has 4 nitrogen and oxygen atoms in total. The maximum absolute atomic E-state index is 13.2. The van der Waals surface area contributed by atoms with Crippen molar-refractivity contribution < 1.29 is 13.9 Å². The molecule has 2 rings (SSSR count). The smallest absolute Gasteiger partial charge is 0.407 e. The predicted molar refractivity (Wildman–Crippen MR) is 88.0 cm³/mol. The SMILES string of the molecule is NCc1ccc(F)cc1C=CCNC(=O)OCc1ccccc1. The zero-order valence-electron chi connectivity index (χ0n) is 12.7. The second-order valence-corrected chi connectivity index (χ2v) is 4.89. The molecule has 0 aliphatic rings. The molecule has 0 saturated carbocycles. The average molecular weight is 314 g/mol. The highest BCUT2D eigenvalue weighted by Crippen LogP contribution is 2.12. The van der Waals surface area contributed by atoms with E-state index in [1.165, 1.54) is 12.1 Å². The van der Waals surface area contributed by atoms with E-state index in [1.54, 1.807) is 18.2 Å². The zero-order valence-corrected chi connectivity index (χ0v) is 12.7. The molecule has 120 valence electrons. The fourth-order valence-corrected chi connectivity index (χ4v) is 2.01. The van der Waals surface area contributed by atoms with Crippen molar-refractivity contribution in [3.63, 3.8) is 0 Å². The molecule has 0 spiro atoms. The minimum Gasteiger partial charge on any atom is -0.445 e. The molecule has 0 heterocycles. The number of halogens is 1. The van der Waals surface area contributed by atoms with E-state index in [9.17, 15) is 9.18 Å². The lowest BCUT2D eigenvalue weighted by Crippen LogP contribution is -2.24. The lowest BCUT2D eigenvalue weighted by molar-refractivity contribution is 0.141. The van der Waals surface area contributed by atoms with Gasteiger partial charge < -0.3 is 15.8 Å². The van der Waals surface area contributed by atoms with Gasteiger partial charge in [-0.25, -0.2) is 9.18 Å². The molecule has 0 aliphatic carbocycles. The van der Waals surface area contributed by atoms with Gasteiger partial charge in [0.15, 0.2) is 0 Å². The van der Waals surface area contributed by atoms with Crippen LogP contribution in [0.15, 0.2) is 54.6 Å².